The molecule has 0 unspecified atom stereocenters. The molecule has 5 atom stereocenters. The molecule has 0 saturated carbocycles. The second kappa shape index (κ2) is 7.61. The Balaban J connectivity index is 2.75. The van der Waals surface area contributed by atoms with Gasteiger partial charge in [-0.05, 0) is 13.8 Å². The zero-order valence-electron chi connectivity index (χ0n) is 11.0. The van der Waals surface area contributed by atoms with E-state index in [4.69, 9.17) is 19.3 Å². The zero-order valence-corrected chi connectivity index (χ0v) is 11.0. The number of aliphatic hydroxyl groups is 3. The highest BCUT2D eigenvalue weighted by Gasteiger charge is 2.45. The highest BCUT2D eigenvalue weighted by Crippen LogP contribution is 2.22. The molecule has 0 aromatic heterocycles. The van der Waals surface area contributed by atoms with Crippen LogP contribution in [0.5, 0.6) is 0 Å². The Labute approximate surface area is 111 Å². The van der Waals surface area contributed by atoms with Gasteiger partial charge in [0.2, 0.25) is 0 Å². The highest BCUT2D eigenvalue weighted by atomic mass is 16.7. The smallest absolute Gasteiger partial charge is 0.407 e. The van der Waals surface area contributed by atoms with Gasteiger partial charge in [0.15, 0.2) is 6.29 Å². The van der Waals surface area contributed by atoms with Crippen molar-refractivity contribution in [2.24, 2.45) is 0 Å². The van der Waals surface area contributed by atoms with Crippen LogP contribution in [0.2, 0.25) is 0 Å². The number of carbonyl (C=O) groups is 1. The van der Waals surface area contributed by atoms with Crippen molar-refractivity contribution in [2.45, 2.75) is 44.5 Å². The fourth-order valence-corrected chi connectivity index (χ4v) is 1.85. The molecular formula is C11H21NO7. The van der Waals surface area contributed by atoms with Gasteiger partial charge in [-0.3, -0.25) is 0 Å². The second-order valence-corrected chi connectivity index (χ2v) is 4.05. The lowest BCUT2D eigenvalue weighted by Gasteiger charge is -2.41. The number of hydrogen-bond donors (Lipinski definition) is 4. The van der Waals surface area contributed by atoms with E-state index < -0.39 is 43.3 Å². The first-order valence-electron chi connectivity index (χ1n) is 6.22. The van der Waals surface area contributed by atoms with Gasteiger partial charge in [-0.1, -0.05) is 0 Å². The van der Waals surface area contributed by atoms with Crippen LogP contribution in [0.15, 0.2) is 0 Å². The number of ether oxygens (including phenoxy) is 3. The van der Waals surface area contributed by atoms with Crippen LogP contribution in [-0.4, -0.2) is 71.9 Å². The van der Waals surface area contributed by atoms with E-state index >= 15 is 0 Å². The maximum Gasteiger partial charge on any atom is 0.407 e. The summed E-state index contributed by atoms with van der Waals surface area (Å²) in [5, 5.41) is 31.1. The van der Waals surface area contributed by atoms with Gasteiger partial charge in [-0.2, -0.15) is 0 Å². The van der Waals surface area contributed by atoms with Gasteiger partial charge in [0.25, 0.3) is 0 Å². The molecule has 1 amide bonds. The summed E-state index contributed by atoms with van der Waals surface area (Å²) in [7, 11) is 0. The van der Waals surface area contributed by atoms with E-state index in [0.29, 0.717) is 0 Å². The number of aliphatic hydroxyl groups excluding tert-OH is 3. The van der Waals surface area contributed by atoms with E-state index in [-0.39, 0.29) is 13.2 Å². The lowest BCUT2D eigenvalue weighted by molar-refractivity contribution is -0.268. The van der Waals surface area contributed by atoms with Crippen LogP contribution >= 0.6 is 0 Å². The van der Waals surface area contributed by atoms with Gasteiger partial charge < -0.3 is 34.8 Å². The number of carbonyl (C=O) groups excluding carboxylic acids is 1. The van der Waals surface area contributed by atoms with Crippen molar-refractivity contribution in [3.8, 4) is 0 Å². The molecule has 4 N–H and O–H groups in total. The van der Waals surface area contributed by atoms with Crippen LogP contribution < -0.4 is 5.32 Å². The number of amides is 1. The molecule has 8 nitrogen and oxygen atoms in total. The number of rotatable bonds is 5. The normalized spacial score (nSPS) is 34.9. The Morgan fingerprint density at radius 2 is 1.95 bits per heavy atom. The average molecular weight is 279 g/mol. The van der Waals surface area contributed by atoms with Crippen molar-refractivity contribution in [3.63, 3.8) is 0 Å². The third-order valence-electron chi connectivity index (χ3n) is 2.77. The largest absolute Gasteiger partial charge is 0.450 e. The summed E-state index contributed by atoms with van der Waals surface area (Å²) in [5.74, 6) is 0. The fraction of sp³-hybridized carbons (Fsp3) is 0.909. The molecule has 19 heavy (non-hydrogen) atoms. The predicted molar refractivity (Wildman–Crippen MR) is 63.3 cm³/mol. The monoisotopic (exact) mass is 279 g/mol. The standard InChI is InChI=1S/C11H21NO7/c1-3-17-10-7(12-11(16)18-4-2)9(15)8(14)6(5-13)19-10/h6-10,13-15H,3-5H2,1-2H3,(H,12,16)/t6-,7+,8+,9+,10-/m1/s1. The molecule has 0 spiro atoms. The summed E-state index contributed by atoms with van der Waals surface area (Å²) in [5.41, 5.74) is 0. The lowest BCUT2D eigenvalue weighted by atomic mass is 9.97. The Kier molecular flexibility index (Phi) is 6.46. The van der Waals surface area contributed by atoms with E-state index in [1.807, 2.05) is 0 Å². The first kappa shape index (κ1) is 16.1. The van der Waals surface area contributed by atoms with Crippen molar-refractivity contribution >= 4 is 6.09 Å². The third-order valence-corrected chi connectivity index (χ3v) is 2.77. The van der Waals surface area contributed by atoms with E-state index in [1.54, 1.807) is 13.8 Å². The fourth-order valence-electron chi connectivity index (χ4n) is 1.85. The molecule has 1 heterocycles. The van der Waals surface area contributed by atoms with Gasteiger partial charge in [0, 0.05) is 6.61 Å². The minimum atomic E-state index is -1.33. The van der Waals surface area contributed by atoms with Crippen molar-refractivity contribution in [1.29, 1.82) is 0 Å². The maximum atomic E-state index is 11.4. The van der Waals surface area contributed by atoms with E-state index in [0.717, 1.165) is 0 Å². The summed E-state index contributed by atoms with van der Waals surface area (Å²) in [6, 6.07) is -0.975. The summed E-state index contributed by atoms with van der Waals surface area (Å²) >= 11 is 0. The van der Waals surface area contributed by atoms with Crippen molar-refractivity contribution in [2.75, 3.05) is 19.8 Å². The van der Waals surface area contributed by atoms with Crippen molar-refractivity contribution in [3.05, 3.63) is 0 Å². The Morgan fingerprint density at radius 1 is 1.26 bits per heavy atom. The zero-order chi connectivity index (χ0) is 14.4. The first-order chi connectivity index (χ1) is 9.04. The molecule has 0 radical (unpaired) electrons. The van der Waals surface area contributed by atoms with E-state index in [9.17, 15) is 15.0 Å². The third kappa shape index (κ3) is 4.02. The summed E-state index contributed by atoms with van der Waals surface area (Å²) < 4.78 is 15.3. The molecule has 1 rings (SSSR count). The van der Waals surface area contributed by atoms with Gasteiger partial charge in [-0.25, -0.2) is 4.79 Å². The lowest BCUT2D eigenvalue weighted by Crippen LogP contribution is -2.64. The molecule has 1 saturated heterocycles. The van der Waals surface area contributed by atoms with Crippen LogP contribution in [-0.2, 0) is 14.2 Å². The first-order valence-corrected chi connectivity index (χ1v) is 6.22. The van der Waals surface area contributed by atoms with Crippen molar-refractivity contribution in [1.82, 2.24) is 5.32 Å². The average Bonchev–Trinajstić information content (AvgIpc) is 2.38. The number of alkyl carbamates (subject to hydrolysis) is 1. The van der Waals surface area contributed by atoms with E-state index in [2.05, 4.69) is 5.32 Å². The molecular weight excluding hydrogens is 258 g/mol. The SMILES string of the molecule is CCOC(=O)N[C@@H]1[C@H](OCC)O[C@H](CO)[C@H](O)[C@H]1O. The molecule has 1 fully saturated rings. The van der Waals surface area contributed by atoms with Gasteiger partial charge >= 0.3 is 6.09 Å². The van der Waals surface area contributed by atoms with Crippen LogP contribution in [0.1, 0.15) is 13.8 Å². The number of hydrogen-bond acceptors (Lipinski definition) is 7. The van der Waals surface area contributed by atoms with Crippen molar-refractivity contribution < 1.29 is 34.3 Å². The van der Waals surface area contributed by atoms with Gasteiger partial charge in [0.1, 0.15) is 24.4 Å². The molecule has 0 bridgehead atoms. The van der Waals surface area contributed by atoms with E-state index in [1.165, 1.54) is 0 Å². The Bertz CT molecular complexity index is 288. The quantitative estimate of drug-likeness (QED) is 0.487. The summed E-state index contributed by atoms with van der Waals surface area (Å²) in [6.07, 6.45) is -5.33. The molecule has 0 aromatic carbocycles. The molecule has 8 heteroatoms. The molecule has 1 aliphatic heterocycles. The van der Waals surface area contributed by atoms with Gasteiger partial charge in [0.05, 0.1) is 13.2 Å². The summed E-state index contributed by atoms with van der Waals surface area (Å²) in [4.78, 5) is 11.4. The Hall–Kier alpha value is -0.930. The predicted octanol–water partition coefficient (Wildman–Crippen LogP) is -1.42. The maximum absolute atomic E-state index is 11.4. The molecule has 112 valence electrons. The van der Waals surface area contributed by atoms with Crippen LogP contribution in [0, 0.1) is 0 Å². The summed E-state index contributed by atoms with van der Waals surface area (Å²) in [6.45, 7) is 3.36. The minimum absolute atomic E-state index is 0.177. The minimum Gasteiger partial charge on any atom is -0.450 e. The molecule has 1 aliphatic rings. The number of nitrogens with one attached hydrogen (secondary N) is 1. The van der Waals surface area contributed by atoms with Crippen LogP contribution in [0.25, 0.3) is 0 Å². The highest BCUT2D eigenvalue weighted by molar-refractivity contribution is 5.67. The Morgan fingerprint density at radius 3 is 2.47 bits per heavy atom. The van der Waals surface area contributed by atoms with Gasteiger partial charge in [-0.15, -0.1) is 0 Å². The second-order valence-electron chi connectivity index (χ2n) is 4.05. The topological polar surface area (TPSA) is 117 Å². The molecule has 0 aliphatic carbocycles. The molecule has 0 aromatic rings. The van der Waals surface area contributed by atoms with Crippen LogP contribution in [0.4, 0.5) is 4.79 Å². The van der Waals surface area contributed by atoms with Crippen LogP contribution in [0.3, 0.4) is 0 Å².